The minimum Gasteiger partial charge on any atom is -0.387 e. The summed E-state index contributed by atoms with van der Waals surface area (Å²) >= 11 is 1.63. The molecule has 3 nitrogen and oxygen atoms in total. The highest BCUT2D eigenvalue weighted by Gasteiger charge is 2.21. The van der Waals surface area contributed by atoms with Crippen LogP contribution in [0, 0.1) is 0 Å². The summed E-state index contributed by atoms with van der Waals surface area (Å²) in [6.07, 6.45) is 4.62. The summed E-state index contributed by atoms with van der Waals surface area (Å²) in [6.45, 7) is 0.652. The van der Waals surface area contributed by atoms with Crippen LogP contribution in [0.3, 0.4) is 0 Å². The molecule has 2 N–H and O–H groups in total. The molecule has 1 fully saturated rings. The molecule has 4 heteroatoms. The Labute approximate surface area is 107 Å². The van der Waals surface area contributed by atoms with Gasteiger partial charge in [-0.2, -0.15) is 11.3 Å². The van der Waals surface area contributed by atoms with Gasteiger partial charge in [-0.05, 0) is 48.1 Å². The molecule has 0 spiro atoms. The average molecular weight is 255 g/mol. The van der Waals surface area contributed by atoms with E-state index in [1.165, 1.54) is 0 Å². The molecule has 1 atom stereocenters. The topological polar surface area (TPSA) is 41.5 Å². The molecule has 2 rings (SSSR count). The van der Waals surface area contributed by atoms with Crippen molar-refractivity contribution in [1.82, 2.24) is 5.32 Å². The molecule has 1 heterocycles. The highest BCUT2D eigenvalue weighted by molar-refractivity contribution is 7.07. The van der Waals surface area contributed by atoms with Gasteiger partial charge in [0.15, 0.2) is 0 Å². The smallest absolute Gasteiger partial charge is 0.0922 e. The zero-order valence-electron chi connectivity index (χ0n) is 10.3. The first-order valence-electron chi connectivity index (χ1n) is 6.26. The maximum Gasteiger partial charge on any atom is 0.0922 e. The fourth-order valence-corrected chi connectivity index (χ4v) is 3.07. The Balaban J connectivity index is 1.69. The third-order valence-corrected chi connectivity index (χ3v) is 4.24. The van der Waals surface area contributed by atoms with Crippen molar-refractivity contribution in [3.8, 4) is 0 Å². The number of thiophene rings is 1. The van der Waals surface area contributed by atoms with Crippen LogP contribution in [-0.2, 0) is 4.74 Å². The minimum absolute atomic E-state index is 0.374. The highest BCUT2D eigenvalue weighted by atomic mass is 32.1. The Bertz CT molecular complexity index is 307. The van der Waals surface area contributed by atoms with Gasteiger partial charge in [0.05, 0.1) is 12.2 Å². The van der Waals surface area contributed by atoms with E-state index in [9.17, 15) is 5.11 Å². The van der Waals surface area contributed by atoms with E-state index in [2.05, 4.69) is 5.32 Å². The normalized spacial score (nSPS) is 26.9. The number of nitrogens with one attached hydrogen (secondary N) is 1. The fourth-order valence-electron chi connectivity index (χ4n) is 2.36. The molecule has 0 aromatic carbocycles. The molecule has 1 aliphatic carbocycles. The van der Waals surface area contributed by atoms with E-state index in [0.29, 0.717) is 18.7 Å². The number of methoxy groups -OCH3 is 1. The number of aliphatic hydroxyl groups excluding tert-OH is 1. The summed E-state index contributed by atoms with van der Waals surface area (Å²) in [5.41, 5.74) is 1.02. The van der Waals surface area contributed by atoms with Crippen molar-refractivity contribution in [3.63, 3.8) is 0 Å². The maximum atomic E-state index is 9.96. The summed E-state index contributed by atoms with van der Waals surface area (Å²) < 4.78 is 5.35. The molecule has 1 aromatic rings. The van der Waals surface area contributed by atoms with E-state index in [1.807, 2.05) is 16.8 Å². The van der Waals surface area contributed by atoms with Gasteiger partial charge in [-0.3, -0.25) is 0 Å². The third-order valence-electron chi connectivity index (χ3n) is 3.54. The summed E-state index contributed by atoms with van der Waals surface area (Å²) in [7, 11) is 1.79. The van der Waals surface area contributed by atoms with Crippen molar-refractivity contribution in [1.29, 1.82) is 0 Å². The van der Waals surface area contributed by atoms with Crippen LogP contribution >= 0.6 is 11.3 Å². The van der Waals surface area contributed by atoms with E-state index < -0.39 is 0 Å². The summed E-state index contributed by atoms with van der Waals surface area (Å²) in [4.78, 5) is 0. The molecule has 0 radical (unpaired) electrons. The second-order valence-corrected chi connectivity index (χ2v) is 5.47. The van der Waals surface area contributed by atoms with Gasteiger partial charge in [0.2, 0.25) is 0 Å². The highest BCUT2D eigenvalue weighted by Crippen LogP contribution is 2.21. The molecule has 96 valence electrons. The largest absolute Gasteiger partial charge is 0.387 e. The molecule has 1 aromatic heterocycles. The Morgan fingerprint density at radius 3 is 2.82 bits per heavy atom. The van der Waals surface area contributed by atoms with E-state index in [1.54, 1.807) is 18.4 Å². The first-order valence-corrected chi connectivity index (χ1v) is 7.20. The second kappa shape index (κ2) is 6.50. The molecule has 1 saturated carbocycles. The van der Waals surface area contributed by atoms with E-state index in [-0.39, 0.29) is 6.10 Å². The van der Waals surface area contributed by atoms with E-state index in [4.69, 9.17) is 4.74 Å². The molecule has 0 bridgehead atoms. The van der Waals surface area contributed by atoms with Crippen LogP contribution < -0.4 is 5.32 Å². The van der Waals surface area contributed by atoms with Gasteiger partial charge < -0.3 is 15.2 Å². The minimum atomic E-state index is -0.374. The van der Waals surface area contributed by atoms with Crippen LogP contribution in [0.2, 0.25) is 0 Å². The van der Waals surface area contributed by atoms with Gasteiger partial charge in [-0.15, -0.1) is 0 Å². The zero-order valence-corrected chi connectivity index (χ0v) is 11.1. The van der Waals surface area contributed by atoms with Crippen molar-refractivity contribution in [2.75, 3.05) is 13.7 Å². The van der Waals surface area contributed by atoms with Crippen molar-refractivity contribution < 1.29 is 9.84 Å². The van der Waals surface area contributed by atoms with Gasteiger partial charge in [-0.1, -0.05) is 0 Å². The number of hydrogen-bond acceptors (Lipinski definition) is 4. The maximum absolute atomic E-state index is 9.96. The first-order chi connectivity index (χ1) is 8.29. The quantitative estimate of drug-likeness (QED) is 0.848. The average Bonchev–Trinajstić information content (AvgIpc) is 2.90. The molecule has 0 saturated heterocycles. The van der Waals surface area contributed by atoms with Gasteiger partial charge in [0, 0.05) is 19.7 Å². The van der Waals surface area contributed by atoms with Crippen LogP contribution in [0.25, 0.3) is 0 Å². The summed E-state index contributed by atoms with van der Waals surface area (Å²) in [5.74, 6) is 0. The van der Waals surface area contributed by atoms with Crippen molar-refractivity contribution in [3.05, 3.63) is 22.4 Å². The molecule has 1 aliphatic rings. The Kier molecular flexibility index (Phi) is 4.98. The zero-order chi connectivity index (χ0) is 12.1. The Morgan fingerprint density at radius 2 is 2.24 bits per heavy atom. The lowest BCUT2D eigenvalue weighted by molar-refractivity contribution is 0.0603. The van der Waals surface area contributed by atoms with Crippen LogP contribution in [0.15, 0.2) is 16.8 Å². The van der Waals surface area contributed by atoms with Crippen LogP contribution in [-0.4, -0.2) is 30.9 Å². The van der Waals surface area contributed by atoms with E-state index >= 15 is 0 Å². The predicted octanol–water partition coefficient (Wildman–Crippen LogP) is 2.33. The monoisotopic (exact) mass is 255 g/mol. The van der Waals surface area contributed by atoms with Crippen LogP contribution in [0.4, 0.5) is 0 Å². The fraction of sp³-hybridized carbons (Fsp3) is 0.692. The van der Waals surface area contributed by atoms with Gasteiger partial charge in [0.1, 0.15) is 0 Å². The lowest BCUT2D eigenvalue weighted by Gasteiger charge is -2.28. The standard InChI is InChI=1S/C13H21NO2S/c1-16-12-4-2-11(3-5-12)14-8-13(15)10-6-7-17-9-10/h6-7,9,11-15H,2-5,8H2,1H3. The number of hydrogen-bond donors (Lipinski definition) is 2. The predicted molar refractivity (Wildman–Crippen MR) is 70.3 cm³/mol. The first kappa shape index (κ1) is 13.0. The SMILES string of the molecule is COC1CCC(NCC(O)c2ccsc2)CC1. The third kappa shape index (κ3) is 3.78. The van der Waals surface area contributed by atoms with Gasteiger partial charge in [0.25, 0.3) is 0 Å². The molecular formula is C13H21NO2S. The molecule has 1 unspecified atom stereocenters. The van der Waals surface area contributed by atoms with Crippen molar-refractivity contribution >= 4 is 11.3 Å². The van der Waals surface area contributed by atoms with Gasteiger partial charge in [-0.25, -0.2) is 0 Å². The second-order valence-electron chi connectivity index (χ2n) is 4.69. The lowest BCUT2D eigenvalue weighted by atomic mass is 9.93. The molecule has 17 heavy (non-hydrogen) atoms. The van der Waals surface area contributed by atoms with E-state index in [0.717, 1.165) is 31.2 Å². The van der Waals surface area contributed by atoms with Crippen molar-refractivity contribution in [2.24, 2.45) is 0 Å². The molecule has 0 amide bonds. The summed E-state index contributed by atoms with van der Waals surface area (Å²) in [6, 6.07) is 2.52. The van der Waals surface area contributed by atoms with Crippen molar-refractivity contribution in [2.45, 2.75) is 43.9 Å². The molecule has 0 aliphatic heterocycles. The number of ether oxygens (including phenoxy) is 1. The van der Waals surface area contributed by atoms with Crippen LogP contribution in [0.5, 0.6) is 0 Å². The Hall–Kier alpha value is -0.420. The van der Waals surface area contributed by atoms with Crippen LogP contribution in [0.1, 0.15) is 37.4 Å². The van der Waals surface area contributed by atoms with Gasteiger partial charge >= 0.3 is 0 Å². The Morgan fingerprint density at radius 1 is 1.47 bits per heavy atom. The molecular weight excluding hydrogens is 234 g/mol. The lowest BCUT2D eigenvalue weighted by Crippen LogP contribution is -2.37. The number of aliphatic hydroxyl groups is 1. The number of rotatable bonds is 5. The summed E-state index contributed by atoms with van der Waals surface area (Å²) in [5, 5.41) is 17.4.